The van der Waals surface area contributed by atoms with Gasteiger partial charge in [-0.25, -0.2) is 0 Å². The molecule has 2 aromatic carbocycles. The van der Waals surface area contributed by atoms with Gasteiger partial charge in [-0.2, -0.15) is 0 Å². The topological polar surface area (TPSA) is 44.5 Å². The molecule has 110 valence electrons. The highest BCUT2D eigenvalue weighted by Gasteiger charge is 2.29. The summed E-state index contributed by atoms with van der Waals surface area (Å²) >= 11 is 0. The highest BCUT2D eigenvalue weighted by Crippen LogP contribution is 2.41. The summed E-state index contributed by atoms with van der Waals surface area (Å²) in [6.45, 7) is 0.527. The van der Waals surface area contributed by atoms with Gasteiger partial charge in [0.15, 0.2) is 11.5 Å². The van der Waals surface area contributed by atoms with E-state index in [-0.39, 0.29) is 6.04 Å². The fourth-order valence-electron chi connectivity index (χ4n) is 2.48. The van der Waals surface area contributed by atoms with Crippen LogP contribution in [0.2, 0.25) is 0 Å². The lowest BCUT2D eigenvalue weighted by molar-refractivity contribution is 0.284. The molecule has 1 atom stereocenters. The van der Waals surface area contributed by atoms with E-state index in [0.717, 1.165) is 22.6 Å². The van der Waals surface area contributed by atoms with Gasteiger partial charge < -0.3 is 15.2 Å². The first kappa shape index (κ1) is 14.0. The average Bonchev–Trinajstić information content (AvgIpc) is 3.38. The molecular weight excluding hydrogens is 262 g/mol. The maximum Gasteiger partial charge on any atom is 0.161 e. The molecule has 2 N–H and O–H groups in total. The van der Waals surface area contributed by atoms with Gasteiger partial charge in [0.1, 0.15) is 6.61 Å². The molecule has 3 nitrogen and oxygen atoms in total. The Bertz CT molecular complexity index is 593. The van der Waals surface area contributed by atoms with Gasteiger partial charge in [0.25, 0.3) is 0 Å². The van der Waals surface area contributed by atoms with Crippen molar-refractivity contribution in [3.8, 4) is 11.5 Å². The molecule has 3 rings (SSSR count). The van der Waals surface area contributed by atoms with Crippen LogP contribution in [-0.2, 0) is 6.61 Å². The van der Waals surface area contributed by atoms with Crippen LogP contribution < -0.4 is 15.2 Å². The fourth-order valence-corrected chi connectivity index (χ4v) is 2.48. The van der Waals surface area contributed by atoms with E-state index in [0.29, 0.717) is 12.5 Å². The molecule has 0 radical (unpaired) electrons. The van der Waals surface area contributed by atoms with Gasteiger partial charge in [0.2, 0.25) is 0 Å². The summed E-state index contributed by atoms with van der Waals surface area (Å²) in [5.41, 5.74) is 8.53. The number of hydrogen-bond donors (Lipinski definition) is 1. The van der Waals surface area contributed by atoms with Crippen LogP contribution in [0.4, 0.5) is 0 Å². The fraction of sp³-hybridized carbons (Fsp3) is 0.333. The van der Waals surface area contributed by atoms with E-state index in [1.165, 1.54) is 12.8 Å². The van der Waals surface area contributed by atoms with Crippen molar-refractivity contribution in [1.29, 1.82) is 0 Å². The van der Waals surface area contributed by atoms with Gasteiger partial charge in [-0.15, -0.1) is 0 Å². The van der Waals surface area contributed by atoms with Crippen LogP contribution >= 0.6 is 0 Å². The first-order valence-corrected chi connectivity index (χ1v) is 7.38. The molecule has 1 saturated carbocycles. The maximum absolute atomic E-state index is 6.27. The summed E-state index contributed by atoms with van der Waals surface area (Å²) in [7, 11) is 1.66. The van der Waals surface area contributed by atoms with E-state index in [4.69, 9.17) is 15.2 Å². The Hall–Kier alpha value is -2.00. The summed E-state index contributed by atoms with van der Waals surface area (Å²) < 4.78 is 11.3. The summed E-state index contributed by atoms with van der Waals surface area (Å²) in [5.74, 6) is 2.13. The highest BCUT2D eigenvalue weighted by atomic mass is 16.5. The molecule has 1 aliphatic rings. The van der Waals surface area contributed by atoms with E-state index in [1.807, 2.05) is 48.5 Å². The van der Waals surface area contributed by atoms with Crippen LogP contribution in [0.1, 0.15) is 30.0 Å². The zero-order valence-electron chi connectivity index (χ0n) is 12.3. The molecule has 0 amide bonds. The van der Waals surface area contributed by atoms with Gasteiger partial charge in [-0.05, 0) is 42.0 Å². The summed E-state index contributed by atoms with van der Waals surface area (Å²) in [4.78, 5) is 0. The molecule has 0 bridgehead atoms. The van der Waals surface area contributed by atoms with Gasteiger partial charge in [-0.3, -0.25) is 0 Å². The van der Waals surface area contributed by atoms with Crippen molar-refractivity contribution in [2.75, 3.05) is 7.11 Å². The molecule has 0 aromatic heterocycles. The summed E-state index contributed by atoms with van der Waals surface area (Å²) in [5, 5.41) is 0. The van der Waals surface area contributed by atoms with E-state index >= 15 is 0 Å². The van der Waals surface area contributed by atoms with Crippen LogP contribution in [0, 0.1) is 5.92 Å². The largest absolute Gasteiger partial charge is 0.493 e. The number of methoxy groups -OCH3 is 1. The minimum absolute atomic E-state index is 0.106. The Morgan fingerprint density at radius 2 is 1.86 bits per heavy atom. The van der Waals surface area contributed by atoms with E-state index in [2.05, 4.69) is 0 Å². The monoisotopic (exact) mass is 283 g/mol. The number of hydrogen-bond acceptors (Lipinski definition) is 3. The van der Waals surface area contributed by atoms with Gasteiger partial charge >= 0.3 is 0 Å². The molecule has 21 heavy (non-hydrogen) atoms. The van der Waals surface area contributed by atoms with Crippen molar-refractivity contribution in [3.05, 3.63) is 59.7 Å². The smallest absolute Gasteiger partial charge is 0.161 e. The van der Waals surface area contributed by atoms with Crippen molar-refractivity contribution in [2.24, 2.45) is 11.7 Å². The molecule has 1 fully saturated rings. The van der Waals surface area contributed by atoms with Crippen molar-refractivity contribution >= 4 is 0 Å². The van der Waals surface area contributed by atoms with Crippen LogP contribution in [0.25, 0.3) is 0 Å². The van der Waals surface area contributed by atoms with Crippen molar-refractivity contribution in [2.45, 2.75) is 25.5 Å². The minimum atomic E-state index is 0.106. The van der Waals surface area contributed by atoms with Crippen molar-refractivity contribution < 1.29 is 9.47 Å². The second-order valence-electron chi connectivity index (χ2n) is 5.55. The van der Waals surface area contributed by atoms with Crippen LogP contribution in [0.3, 0.4) is 0 Å². The molecule has 0 saturated heterocycles. The molecule has 0 heterocycles. The highest BCUT2D eigenvalue weighted by molar-refractivity contribution is 5.44. The Morgan fingerprint density at radius 3 is 2.52 bits per heavy atom. The van der Waals surface area contributed by atoms with Crippen LogP contribution in [-0.4, -0.2) is 7.11 Å². The van der Waals surface area contributed by atoms with Gasteiger partial charge in [0.05, 0.1) is 7.11 Å². The quantitative estimate of drug-likeness (QED) is 0.879. The first-order chi connectivity index (χ1) is 10.3. The zero-order chi connectivity index (χ0) is 14.7. The lowest BCUT2D eigenvalue weighted by atomic mass is 10.0. The molecule has 1 aliphatic carbocycles. The van der Waals surface area contributed by atoms with Crippen LogP contribution in [0.15, 0.2) is 48.5 Å². The SMILES string of the molecule is COc1ccc([C@@H](N)C2CC2)cc1OCc1ccccc1. The Labute approximate surface area is 125 Å². The molecule has 0 unspecified atom stereocenters. The van der Waals surface area contributed by atoms with Crippen LogP contribution in [0.5, 0.6) is 11.5 Å². The third kappa shape index (κ3) is 3.37. The van der Waals surface area contributed by atoms with E-state index < -0.39 is 0 Å². The Kier molecular flexibility index (Phi) is 4.11. The van der Waals surface area contributed by atoms with E-state index in [9.17, 15) is 0 Å². The first-order valence-electron chi connectivity index (χ1n) is 7.38. The summed E-state index contributed by atoms with van der Waals surface area (Å²) in [6.07, 6.45) is 2.46. The van der Waals surface area contributed by atoms with Crippen molar-refractivity contribution in [3.63, 3.8) is 0 Å². The van der Waals surface area contributed by atoms with E-state index in [1.54, 1.807) is 7.11 Å². The average molecular weight is 283 g/mol. The standard InChI is InChI=1S/C18H21NO2/c1-20-16-10-9-15(18(19)14-7-8-14)11-17(16)21-12-13-5-3-2-4-6-13/h2-6,9-11,14,18H,7-8,12,19H2,1H3/t18-/m0/s1. The molecular formula is C18H21NO2. The lowest BCUT2D eigenvalue weighted by Crippen LogP contribution is -2.12. The third-order valence-corrected chi connectivity index (χ3v) is 3.94. The Morgan fingerprint density at radius 1 is 1.10 bits per heavy atom. The van der Waals surface area contributed by atoms with Crippen molar-refractivity contribution in [1.82, 2.24) is 0 Å². The van der Waals surface area contributed by atoms with Gasteiger partial charge in [0, 0.05) is 6.04 Å². The number of benzene rings is 2. The Balaban J connectivity index is 1.76. The predicted octanol–water partition coefficient (Wildman–Crippen LogP) is 3.68. The summed E-state index contributed by atoms with van der Waals surface area (Å²) in [6, 6.07) is 16.2. The minimum Gasteiger partial charge on any atom is -0.493 e. The van der Waals surface area contributed by atoms with Gasteiger partial charge in [-0.1, -0.05) is 36.4 Å². The molecule has 0 spiro atoms. The number of nitrogens with two attached hydrogens (primary N) is 1. The molecule has 3 heteroatoms. The number of ether oxygens (including phenoxy) is 2. The lowest BCUT2D eigenvalue weighted by Gasteiger charge is -2.15. The number of rotatable bonds is 6. The molecule has 2 aromatic rings. The maximum atomic E-state index is 6.27. The third-order valence-electron chi connectivity index (χ3n) is 3.94. The zero-order valence-corrected chi connectivity index (χ0v) is 12.3. The second kappa shape index (κ2) is 6.19. The predicted molar refractivity (Wildman–Crippen MR) is 83.4 cm³/mol. The normalized spacial score (nSPS) is 15.5. The second-order valence-corrected chi connectivity index (χ2v) is 5.55. The molecule has 0 aliphatic heterocycles.